The van der Waals surface area contributed by atoms with Crippen molar-refractivity contribution >= 4 is 34.7 Å². The summed E-state index contributed by atoms with van der Waals surface area (Å²) in [6.45, 7) is 3.47. The third kappa shape index (κ3) is 4.36. The molecule has 94 valence electrons. The van der Waals surface area contributed by atoms with Gasteiger partial charge in [-0.15, -0.1) is 0 Å². The van der Waals surface area contributed by atoms with Gasteiger partial charge in [0.1, 0.15) is 13.2 Å². The summed E-state index contributed by atoms with van der Waals surface area (Å²) in [5.41, 5.74) is 0.491. The number of halogens is 1. The molecule has 0 saturated heterocycles. The molecule has 0 amide bonds. The van der Waals surface area contributed by atoms with Gasteiger partial charge >= 0.3 is 5.97 Å². The quantitative estimate of drug-likeness (QED) is 0.455. The second-order valence-corrected chi connectivity index (χ2v) is 4.86. The van der Waals surface area contributed by atoms with E-state index in [2.05, 4.69) is 0 Å². The lowest BCUT2D eigenvalue weighted by molar-refractivity contribution is -0.141. The maximum absolute atomic E-state index is 11.6. The second-order valence-electron chi connectivity index (χ2n) is 3.22. The maximum atomic E-state index is 11.6. The van der Waals surface area contributed by atoms with Crippen molar-refractivity contribution in [1.82, 2.24) is 0 Å². The Kier molecular flexibility index (Phi) is 5.44. The van der Waals surface area contributed by atoms with Crippen LogP contribution in [0.4, 0.5) is 0 Å². The number of rotatable bonds is 6. The van der Waals surface area contributed by atoms with Crippen LogP contribution in [0, 0.1) is 0 Å². The summed E-state index contributed by atoms with van der Waals surface area (Å²) in [6, 6.07) is 1.60. The van der Waals surface area contributed by atoms with E-state index in [1.54, 1.807) is 13.0 Å². The van der Waals surface area contributed by atoms with E-state index in [0.29, 0.717) is 21.4 Å². The van der Waals surface area contributed by atoms with E-state index >= 15 is 0 Å². The average Bonchev–Trinajstić information content (AvgIpc) is 2.64. The summed E-state index contributed by atoms with van der Waals surface area (Å²) in [6.07, 6.45) is 0.396. The van der Waals surface area contributed by atoms with Crippen LogP contribution in [0.5, 0.6) is 5.06 Å². The molecule has 1 rings (SSSR count). The highest BCUT2D eigenvalue weighted by Crippen LogP contribution is 2.34. The van der Waals surface area contributed by atoms with E-state index in [-0.39, 0.29) is 25.0 Å². The molecule has 0 N–H and O–H groups in total. The Bertz CT molecular complexity index is 414. The zero-order valence-corrected chi connectivity index (χ0v) is 11.2. The minimum atomic E-state index is -0.359. The zero-order chi connectivity index (χ0) is 12.8. The first-order chi connectivity index (χ1) is 8.04. The van der Waals surface area contributed by atoms with Gasteiger partial charge in [-0.3, -0.25) is 9.59 Å². The minimum absolute atomic E-state index is 0.0179. The summed E-state index contributed by atoms with van der Waals surface area (Å²) in [5, 5.41) is 0.481. The number of ether oxygens (including phenoxy) is 2. The Morgan fingerprint density at radius 3 is 2.71 bits per heavy atom. The molecular formula is C11H13ClO4S. The Morgan fingerprint density at radius 1 is 1.41 bits per heavy atom. The summed E-state index contributed by atoms with van der Waals surface area (Å²) < 4.78 is 10.6. The molecule has 6 heteroatoms. The van der Waals surface area contributed by atoms with E-state index in [4.69, 9.17) is 21.1 Å². The number of carbonyl (C=O) groups excluding carboxylic acids is 2. The Morgan fingerprint density at radius 2 is 2.12 bits per heavy atom. The van der Waals surface area contributed by atoms with Gasteiger partial charge in [0, 0.05) is 13.3 Å². The number of hydrogen-bond donors (Lipinski definition) is 0. The fraction of sp³-hybridized carbons (Fsp3) is 0.455. The summed E-state index contributed by atoms with van der Waals surface area (Å²) >= 11 is 7.03. The van der Waals surface area contributed by atoms with Gasteiger partial charge in [0.15, 0.2) is 10.8 Å². The van der Waals surface area contributed by atoms with Crippen molar-refractivity contribution in [3.63, 3.8) is 0 Å². The van der Waals surface area contributed by atoms with Crippen LogP contribution in [0.2, 0.25) is 4.34 Å². The van der Waals surface area contributed by atoms with Crippen molar-refractivity contribution in [3.8, 4) is 5.06 Å². The molecule has 0 aromatic carbocycles. The lowest BCUT2D eigenvalue weighted by Crippen LogP contribution is -2.10. The van der Waals surface area contributed by atoms with Crippen LogP contribution in [0.15, 0.2) is 6.07 Å². The van der Waals surface area contributed by atoms with E-state index in [0.717, 1.165) is 0 Å². The highest BCUT2D eigenvalue weighted by atomic mass is 35.5. The molecule has 0 fully saturated rings. The van der Waals surface area contributed by atoms with Crippen molar-refractivity contribution in [2.45, 2.75) is 20.3 Å². The molecule has 0 atom stereocenters. The largest absolute Gasteiger partial charge is 0.480 e. The minimum Gasteiger partial charge on any atom is -0.480 e. The molecule has 0 spiro atoms. The van der Waals surface area contributed by atoms with Crippen molar-refractivity contribution in [3.05, 3.63) is 16.0 Å². The van der Waals surface area contributed by atoms with Crippen LogP contribution in [0.3, 0.4) is 0 Å². The van der Waals surface area contributed by atoms with Gasteiger partial charge < -0.3 is 9.47 Å². The standard InChI is InChI=1S/C11H13ClO4S/c1-3-9(14)8-6-10(12)17-11(8)16-5-4-15-7(2)13/h6H,3-5H2,1-2H3. The molecule has 0 aliphatic rings. The van der Waals surface area contributed by atoms with Gasteiger partial charge in [0.2, 0.25) is 0 Å². The molecule has 0 saturated carbocycles. The molecule has 1 heterocycles. The lowest BCUT2D eigenvalue weighted by Gasteiger charge is -2.05. The van der Waals surface area contributed by atoms with E-state index in [1.165, 1.54) is 18.3 Å². The first-order valence-corrected chi connectivity index (χ1v) is 6.32. The predicted molar refractivity (Wildman–Crippen MR) is 66.1 cm³/mol. The molecule has 0 bridgehead atoms. The molecular weight excluding hydrogens is 264 g/mol. The van der Waals surface area contributed by atoms with Crippen LogP contribution in [-0.2, 0) is 9.53 Å². The number of Topliss-reactive ketones (excluding diaryl/α,β-unsaturated/α-hetero) is 1. The van der Waals surface area contributed by atoms with Crippen LogP contribution in [0.1, 0.15) is 30.6 Å². The first kappa shape index (κ1) is 14.0. The third-order valence-electron chi connectivity index (χ3n) is 1.91. The number of carbonyl (C=O) groups is 2. The summed E-state index contributed by atoms with van der Waals surface area (Å²) in [5.74, 6) is -0.377. The highest BCUT2D eigenvalue weighted by Gasteiger charge is 2.15. The molecule has 0 unspecified atom stereocenters. The molecule has 4 nitrogen and oxygen atoms in total. The average molecular weight is 277 g/mol. The smallest absolute Gasteiger partial charge is 0.302 e. The normalized spacial score (nSPS) is 10.1. The molecule has 1 aromatic rings. The number of ketones is 1. The molecule has 0 aliphatic carbocycles. The van der Waals surface area contributed by atoms with Gasteiger partial charge in [-0.05, 0) is 6.07 Å². The van der Waals surface area contributed by atoms with Crippen LogP contribution in [0.25, 0.3) is 0 Å². The van der Waals surface area contributed by atoms with Gasteiger partial charge in [-0.2, -0.15) is 0 Å². The Balaban J connectivity index is 2.58. The van der Waals surface area contributed by atoms with E-state index in [9.17, 15) is 9.59 Å². The Labute approximate surface area is 108 Å². The number of hydrogen-bond acceptors (Lipinski definition) is 5. The van der Waals surface area contributed by atoms with Gasteiger partial charge in [0.05, 0.1) is 9.90 Å². The van der Waals surface area contributed by atoms with Crippen molar-refractivity contribution in [2.24, 2.45) is 0 Å². The summed E-state index contributed by atoms with van der Waals surface area (Å²) in [4.78, 5) is 22.1. The SMILES string of the molecule is CCC(=O)c1cc(Cl)sc1OCCOC(C)=O. The lowest BCUT2D eigenvalue weighted by atomic mass is 10.2. The summed E-state index contributed by atoms with van der Waals surface area (Å²) in [7, 11) is 0. The zero-order valence-electron chi connectivity index (χ0n) is 9.62. The van der Waals surface area contributed by atoms with Crippen molar-refractivity contribution < 1.29 is 19.1 Å². The third-order valence-corrected chi connectivity index (χ3v) is 3.09. The predicted octanol–water partition coefficient (Wildman–Crippen LogP) is 2.94. The van der Waals surface area contributed by atoms with Crippen LogP contribution in [-0.4, -0.2) is 25.0 Å². The Hall–Kier alpha value is -1.07. The topological polar surface area (TPSA) is 52.6 Å². The van der Waals surface area contributed by atoms with Crippen LogP contribution < -0.4 is 4.74 Å². The van der Waals surface area contributed by atoms with Gasteiger partial charge in [0.25, 0.3) is 0 Å². The maximum Gasteiger partial charge on any atom is 0.302 e. The first-order valence-electron chi connectivity index (χ1n) is 5.13. The van der Waals surface area contributed by atoms with E-state index in [1.807, 2.05) is 0 Å². The molecule has 0 aliphatic heterocycles. The molecule has 0 radical (unpaired) electrons. The highest BCUT2D eigenvalue weighted by molar-refractivity contribution is 7.18. The second kappa shape index (κ2) is 6.61. The van der Waals surface area contributed by atoms with Gasteiger partial charge in [-0.1, -0.05) is 29.9 Å². The van der Waals surface area contributed by atoms with Crippen LogP contribution >= 0.6 is 22.9 Å². The van der Waals surface area contributed by atoms with Gasteiger partial charge in [-0.25, -0.2) is 0 Å². The number of esters is 1. The van der Waals surface area contributed by atoms with E-state index < -0.39 is 0 Å². The van der Waals surface area contributed by atoms with Crippen molar-refractivity contribution in [2.75, 3.05) is 13.2 Å². The molecule has 1 aromatic heterocycles. The molecule has 17 heavy (non-hydrogen) atoms. The number of thiophene rings is 1. The van der Waals surface area contributed by atoms with Crippen molar-refractivity contribution in [1.29, 1.82) is 0 Å². The fourth-order valence-corrected chi connectivity index (χ4v) is 2.26. The fourth-order valence-electron chi connectivity index (χ4n) is 1.16. The monoisotopic (exact) mass is 276 g/mol.